The van der Waals surface area contributed by atoms with Gasteiger partial charge in [0.15, 0.2) is 0 Å². The Hall–Kier alpha value is -1.65. The summed E-state index contributed by atoms with van der Waals surface area (Å²) in [6, 6.07) is 0. The van der Waals surface area contributed by atoms with Gasteiger partial charge in [0.05, 0.1) is 7.11 Å². The van der Waals surface area contributed by atoms with Crippen molar-refractivity contribution >= 4 is 11.8 Å². The quantitative estimate of drug-likeness (QED) is 0.737. The van der Waals surface area contributed by atoms with Crippen molar-refractivity contribution in [2.45, 2.75) is 32.6 Å². The summed E-state index contributed by atoms with van der Waals surface area (Å²) in [5, 5.41) is 0. The summed E-state index contributed by atoms with van der Waals surface area (Å²) in [4.78, 5) is 22.1. The van der Waals surface area contributed by atoms with Crippen LogP contribution in [-0.4, -0.2) is 36.1 Å². The molecule has 0 bridgehead atoms. The maximum Gasteiger partial charge on any atom is 0.325 e. The van der Waals surface area contributed by atoms with Crippen molar-refractivity contribution in [3.8, 4) is 0 Å². The van der Waals surface area contributed by atoms with Crippen LogP contribution in [0, 0.1) is 0 Å². The minimum absolute atomic E-state index is 0.228. The number of hydrogen-bond acceptors (Lipinski definition) is 5. The second-order valence-corrected chi connectivity index (χ2v) is 4.47. The molecule has 0 radical (unpaired) electrons. The second-order valence-electron chi connectivity index (χ2n) is 4.47. The zero-order valence-corrected chi connectivity index (χ0v) is 11.0. The van der Waals surface area contributed by atoms with Crippen LogP contribution in [0.15, 0.2) is 6.33 Å². The molecular formula is C13H19N3O2. The highest BCUT2D eigenvalue weighted by Gasteiger charge is 2.22. The van der Waals surface area contributed by atoms with Crippen molar-refractivity contribution in [3.63, 3.8) is 0 Å². The lowest BCUT2D eigenvalue weighted by Crippen LogP contribution is -2.32. The van der Waals surface area contributed by atoms with Gasteiger partial charge in [0, 0.05) is 17.8 Å². The van der Waals surface area contributed by atoms with Crippen molar-refractivity contribution < 1.29 is 9.53 Å². The van der Waals surface area contributed by atoms with Gasteiger partial charge in [-0.05, 0) is 25.7 Å². The minimum Gasteiger partial charge on any atom is -0.468 e. The third-order valence-corrected chi connectivity index (χ3v) is 3.19. The monoisotopic (exact) mass is 249 g/mol. The number of methoxy groups -OCH3 is 1. The van der Waals surface area contributed by atoms with E-state index in [4.69, 9.17) is 4.74 Å². The van der Waals surface area contributed by atoms with E-state index in [1.807, 2.05) is 4.90 Å². The lowest BCUT2D eigenvalue weighted by Gasteiger charge is -2.23. The van der Waals surface area contributed by atoms with Gasteiger partial charge >= 0.3 is 5.97 Å². The molecule has 5 heteroatoms. The molecule has 0 spiro atoms. The van der Waals surface area contributed by atoms with E-state index in [0.29, 0.717) is 0 Å². The van der Waals surface area contributed by atoms with Crippen LogP contribution < -0.4 is 4.90 Å². The molecule has 0 saturated carbocycles. The van der Waals surface area contributed by atoms with E-state index in [1.165, 1.54) is 12.7 Å². The number of anilines is 1. The van der Waals surface area contributed by atoms with Gasteiger partial charge in [0.1, 0.15) is 18.7 Å². The third-order valence-electron chi connectivity index (χ3n) is 3.19. The first kappa shape index (κ1) is 12.8. The molecule has 2 rings (SSSR count). The number of fused-ring (bicyclic) bond motifs is 1. The van der Waals surface area contributed by atoms with Crippen molar-refractivity contribution in [2.24, 2.45) is 0 Å². The fraction of sp³-hybridized carbons (Fsp3) is 0.615. The number of aryl methyl sites for hydroxylation is 1. The van der Waals surface area contributed by atoms with Gasteiger partial charge in [0.2, 0.25) is 0 Å². The predicted molar refractivity (Wildman–Crippen MR) is 68.6 cm³/mol. The number of rotatable bonds is 5. The first-order chi connectivity index (χ1) is 8.76. The average molecular weight is 249 g/mol. The lowest BCUT2D eigenvalue weighted by atomic mass is 10.2. The highest BCUT2D eigenvalue weighted by atomic mass is 16.5. The maximum atomic E-state index is 11.5. The largest absolute Gasteiger partial charge is 0.468 e. The zero-order valence-electron chi connectivity index (χ0n) is 11.0. The summed E-state index contributed by atoms with van der Waals surface area (Å²) in [5.41, 5.74) is 2.33. The van der Waals surface area contributed by atoms with Crippen molar-refractivity contribution in [2.75, 3.05) is 25.1 Å². The van der Waals surface area contributed by atoms with Gasteiger partial charge < -0.3 is 9.64 Å². The fourth-order valence-electron chi connectivity index (χ4n) is 2.36. The Kier molecular flexibility index (Phi) is 4.12. The Labute approximate surface area is 107 Å². The molecule has 5 nitrogen and oxygen atoms in total. The van der Waals surface area contributed by atoms with E-state index in [2.05, 4.69) is 16.9 Å². The van der Waals surface area contributed by atoms with Crippen LogP contribution in [0.1, 0.15) is 31.0 Å². The van der Waals surface area contributed by atoms with Crippen molar-refractivity contribution in [1.82, 2.24) is 9.97 Å². The van der Waals surface area contributed by atoms with Crippen LogP contribution in [0.4, 0.5) is 5.82 Å². The second kappa shape index (κ2) is 5.80. The Balaban J connectivity index is 2.25. The van der Waals surface area contributed by atoms with E-state index < -0.39 is 0 Å². The molecular weight excluding hydrogens is 230 g/mol. The Morgan fingerprint density at radius 1 is 1.44 bits per heavy atom. The minimum atomic E-state index is -0.228. The van der Waals surface area contributed by atoms with Gasteiger partial charge in [-0.1, -0.05) is 6.92 Å². The van der Waals surface area contributed by atoms with E-state index in [0.717, 1.165) is 43.7 Å². The van der Waals surface area contributed by atoms with Gasteiger partial charge in [-0.25, -0.2) is 9.97 Å². The summed E-state index contributed by atoms with van der Waals surface area (Å²) in [5.74, 6) is 0.679. The van der Waals surface area contributed by atoms with Gasteiger partial charge in [-0.15, -0.1) is 0 Å². The molecule has 0 aliphatic heterocycles. The van der Waals surface area contributed by atoms with Crippen molar-refractivity contribution in [1.29, 1.82) is 0 Å². The predicted octanol–water partition coefficient (Wildman–Crippen LogP) is 1.35. The van der Waals surface area contributed by atoms with Gasteiger partial charge in [-0.3, -0.25) is 4.79 Å². The first-order valence-corrected chi connectivity index (χ1v) is 6.40. The molecule has 0 saturated heterocycles. The first-order valence-electron chi connectivity index (χ1n) is 6.40. The molecule has 0 N–H and O–H groups in total. The molecule has 1 heterocycles. The Morgan fingerprint density at radius 3 is 3.00 bits per heavy atom. The number of ether oxygens (including phenoxy) is 1. The van der Waals surface area contributed by atoms with Crippen LogP contribution in [-0.2, 0) is 22.4 Å². The molecule has 1 aromatic rings. The molecule has 0 fully saturated rings. The summed E-state index contributed by atoms with van der Waals surface area (Å²) >= 11 is 0. The average Bonchev–Trinajstić information content (AvgIpc) is 2.86. The zero-order chi connectivity index (χ0) is 13.0. The molecule has 0 amide bonds. The summed E-state index contributed by atoms with van der Waals surface area (Å²) in [6.07, 6.45) is 5.71. The molecule has 0 atom stereocenters. The van der Waals surface area contributed by atoms with E-state index in [1.54, 1.807) is 6.33 Å². The smallest absolute Gasteiger partial charge is 0.325 e. The fourth-order valence-corrected chi connectivity index (χ4v) is 2.36. The molecule has 18 heavy (non-hydrogen) atoms. The van der Waals surface area contributed by atoms with E-state index in [-0.39, 0.29) is 12.5 Å². The third kappa shape index (κ3) is 2.60. The summed E-state index contributed by atoms with van der Waals surface area (Å²) in [6.45, 7) is 3.15. The molecule has 0 aromatic carbocycles. The van der Waals surface area contributed by atoms with E-state index >= 15 is 0 Å². The van der Waals surface area contributed by atoms with Crippen molar-refractivity contribution in [3.05, 3.63) is 17.6 Å². The number of carbonyl (C=O) groups is 1. The summed E-state index contributed by atoms with van der Waals surface area (Å²) < 4.78 is 4.74. The highest BCUT2D eigenvalue weighted by Crippen LogP contribution is 2.27. The van der Waals surface area contributed by atoms with Crippen LogP contribution in [0.25, 0.3) is 0 Å². The van der Waals surface area contributed by atoms with Gasteiger partial charge in [-0.2, -0.15) is 0 Å². The maximum absolute atomic E-state index is 11.5. The molecule has 98 valence electrons. The number of nitrogens with zero attached hydrogens (tertiary/aromatic N) is 3. The highest BCUT2D eigenvalue weighted by molar-refractivity contribution is 5.75. The number of esters is 1. The standard InChI is InChI=1S/C13H19N3O2/c1-3-7-16(8-12(17)18-2)13-10-5-4-6-11(10)14-9-15-13/h9H,3-8H2,1-2H3. The SMILES string of the molecule is CCCN(CC(=O)OC)c1ncnc2c1CCC2. The lowest BCUT2D eigenvalue weighted by molar-refractivity contribution is -0.138. The van der Waals surface area contributed by atoms with Crippen LogP contribution in [0.2, 0.25) is 0 Å². The Morgan fingerprint density at radius 2 is 2.28 bits per heavy atom. The number of hydrogen-bond donors (Lipinski definition) is 0. The van der Waals surface area contributed by atoms with E-state index in [9.17, 15) is 4.79 Å². The van der Waals surface area contributed by atoms with Crippen LogP contribution in [0.5, 0.6) is 0 Å². The molecule has 1 aliphatic rings. The Bertz CT molecular complexity index is 434. The number of aromatic nitrogens is 2. The van der Waals surface area contributed by atoms with Gasteiger partial charge in [0.25, 0.3) is 0 Å². The molecule has 1 aliphatic carbocycles. The van der Waals surface area contributed by atoms with Crippen LogP contribution in [0.3, 0.4) is 0 Å². The molecule has 0 unspecified atom stereocenters. The molecule has 1 aromatic heterocycles. The normalized spacial score (nSPS) is 13.2. The number of carbonyl (C=O) groups excluding carboxylic acids is 1. The summed E-state index contributed by atoms with van der Waals surface area (Å²) in [7, 11) is 1.41. The topological polar surface area (TPSA) is 55.3 Å². The van der Waals surface area contributed by atoms with Crippen LogP contribution >= 0.6 is 0 Å².